The number of hydrogen-bond acceptors (Lipinski definition) is 7. The van der Waals surface area contributed by atoms with Crippen molar-refractivity contribution in [2.24, 2.45) is 5.16 Å². The van der Waals surface area contributed by atoms with E-state index in [2.05, 4.69) is 15.5 Å². The van der Waals surface area contributed by atoms with Crippen LogP contribution in [0.1, 0.15) is 17.7 Å². The highest BCUT2D eigenvalue weighted by atomic mass is 32.1. The van der Waals surface area contributed by atoms with Gasteiger partial charge in [-0.15, -0.1) is 22.7 Å². The molecule has 1 atom stereocenters. The van der Waals surface area contributed by atoms with Gasteiger partial charge in [-0.3, -0.25) is 4.79 Å². The maximum absolute atomic E-state index is 12.4. The van der Waals surface area contributed by atoms with Gasteiger partial charge in [0.15, 0.2) is 0 Å². The molecule has 0 bridgehead atoms. The molecule has 1 amide bonds. The second-order valence-electron chi connectivity index (χ2n) is 6.32. The van der Waals surface area contributed by atoms with Gasteiger partial charge in [0.25, 0.3) is 5.91 Å². The normalized spacial score (nSPS) is 15.8. The molecular weight excluding hydrogens is 394 g/mol. The lowest BCUT2D eigenvalue weighted by Crippen LogP contribution is -2.34. The van der Waals surface area contributed by atoms with Crippen LogP contribution in [0.4, 0.5) is 0 Å². The van der Waals surface area contributed by atoms with Gasteiger partial charge in [0, 0.05) is 18.2 Å². The van der Waals surface area contributed by atoms with Crippen molar-refractivity contribution in [3.05, 3.63) is 58.4 Å². The summed E-state index contributed by atoms with van der Waals surface area (Å²) in [5.41, 5.74) is 2.81. The number of nitrogens with one attached hydrogen (secondary N) is 1. The van der Waals surface area contributed by atoms with Crippen molar-refractivity contribution in [1.29, 1.82) is 0 Å². The minimum Gasteiger partial charge on any atom is -0.497 e. The molecule has 0 saturated carbocycles. The van der Waals surface area contributed by atoms with Crippen LogP contribution < -0.4 is 10.1 Å². The van der Waals surface area contributed by atoms with Gasteiger partial charge in [-0.2, -0.15) is 0 Å². The Balaban J connectivity index is 1.26. The van der Waals surface area contributed by atoms with Gasteiger partial charge >= 0.3 is 0 Å². The minimum absolute atomic E-state index is 0.167. The van der Waals surface area contributed by atoms with Gasteiger partial charge < -0.3 is 14.9 Å². The Labute approximate surface area is 170 Å². The topological polar surface area (TPSA) is 72.8 Å². The third kappa shape index (κ3) is 4.40. The van der Waals surface area contributed by atoms with Crippen LogP contribution in [0.5, 0.6) is 5.75 Å². The molecule has 0 radical (unpaired) electrons. The summed E-state index contributed by atoms with van der Waals surface area (Å²) in [5, 5.41) is 11.9. The number of amides is 1. The summed E-state index contributed by atoms with van der Waals surface area (Å²) in [5.74, 6) is 0.647. The average molecular weight is 414 g/mol. The summed E-state index contributed by atoms with van der Waals surface area (Å²) in [4.78, 5) is 23.4. The smallest absolute Gasteiger partial charge is 0.264 e. The fourth-order valence-corrected chi connectivity index (χ4v) is 4.48. The highest BCUT2D eigenvalue weighted by Crippen LogP contribution is 2.27. The molecule has 28 heavy (non-hydrogen) atoms. The van der Waals surface area contributed by atoms with Crippen molar-refractivity contribution in [1.82, 2.24) is 10.3 Å². The van der Waals surface area contributed by atoms with Crippen molar-refractivity contribution in [2.75, 3.05) is 7.11 Å². The molecule has 2 aromatic heterocycles. The van der Waals surface area contributed by atoms with Crippen LogP contribution in [0.3, 0.4) is 0 Å². The molecule has 1 aliphatic heterocycles. The predicted octanol–water partition coefficient (Wildman–Crippen LogP) is 3.88. The predicted molar refractivity (Wildman–Crippen MR) is 111 cm³/mol. The first-order valence-electron chi connectivity index (χ1n) is 8.82. The zero-order valence-corrected chi connectivity index (χ0v) is 16.9. The summed E-state index contributed by atoms with van der Waals surface area (Å²) in [7, 11) is 1.64. The Kier molecular flexibility index (Phi) is 5.68. The summed E-state index contributed by atoms with van der Waals surface area (Å²) in [6.07, 6.45) is 0.572. The molecule has 4 rings (SSSR count). The van der Waals surface area contributed by atoms with Gasteiger partial charge in [0.1, 0.15) is 10.8 Å². The zero-order chi connectivity index (χ0) is 19.3. The first kappa shape index (κ1) is 18.6. The molecule has 0 unspecified atom stereocenters. The molecule has 1 aliphatic rings. The Hall–Kier alpha value is -2.71. The largest absolute Gasteiger partial charge is 0.497 e. The molecule has 3 heterocycles. The average Bonchev–Trinajstić information content (AvgIpc) is 3.47. The van der Waals surface area contributed by atoms with Crippen molar-refractivity contribution < 1.29 is 14.4 Å². The van der Waals surface area contributed by atoms with Crippen LogP contribution in [-0.2, 0) is 22.6 Å². The van der Waals surface area contributed by atoms with E-state index in [1.807, 2.05) is 47.2 Å². The van der Waals surface area contributed by atoms with Crippen molar-refractivity contribution in [3.8, 4) is 15.6 Å². The van der Waals surface area contributed by atoms with E-state index >= 15 is 0 Å². The Morgan fingerprint density at radius 1 is 1.29 bits per heavy atom. The maximum atomic E-state index is 12.4. The van der Waals surface area contributed by atoms with E-state index in [1.54, 1.807) is 29.8 Å². The molecular formula is C20H19N3O3S2. The van der Waals surface area contributed by atoms with E-state index in [1.165, 1.54) is 0 Å². The molecule has 1 N–H and O–H groups in total. The molecule has 1 aromatic carbocycles. The number of nitrogens with zero attached hydrogens (tertiary/aromatic N) is 2. The summed E-state index contributed by atoms with van der Waals surface area (Å²) in [6.45, 7) is 0.383. The Morgan fingerprint density at radius 2 is 2.14 bits per heavy atom. The maximum Gasteiger partial charge on any atom is 0.264 e. The number of benzene rings is 1. The minimum atomic E-state index is -0.580. The van der Waals surface area contributed by atoms with E-state index in [0.717, 1.165) is 32.6 Å². The third-order valence-electron chi connectivity index (χ3n) is 4.32. The summed E-state index contributed by atoms with van der Waals surface area (Å²) in [6, 6.07) is 11.8. The number of carbonyl (C=O) groups excluding carboxylic acids is 1. The fourth-order valence-electron chi connectivity index (χ4n) is 2.84. The summed E-state index contributed by atoms with van der Waals surface area (Å²) >= 11 is 3.24. The Morgan fingerprint density at radius 3 is 2.89 bits per heavy atom. The molecule has 3 aromatic rings. The van der Waals surface area contributed by atoms with Gasteiger partial charge in [-0.25, -0.2) is 4.98 Å². The van der Waals surface area contributed by atoms with Gasteiger partial charge in [0.05, 0.1) is 29.9 Å². The molecule has 6 nitrogen and oxygen atoms in total. The van der Waals surface area contributed by atoms with Gasteiger partial charge in [-0.05, 0) is 29.1 Å². The molecule has 8 heteroatoms. The standard InChI is InChI=1S/C20H19N3O3S2/c1-25-16-6-4-13(5-7-16)9-14-10-17(26-23-14)19(24)21-11-15-12-28-20(22-15)18-3-2-8-27-18/h2-8,12,17H,9-11H2,1H3,(H,21,24)/t17-/m0/s1. The number of ether oxygens (including phenoxy) is 1. The lowest BCUT2D eigenvalue weighted by molar-refractivity contribution is -0.131. The number of aromatic nitrogens is 1. The highest BCUT2D eigenvalue weighted by Gasteiger charge is 2.28. The first-order valence-corrected chi connectivity index (χ1v) is 10.6. The second-order valence-corrected chi connectivity index (χ2v) is 8.13. The quantitative estimate of drug-likeness (QED) is 0.638. The number of hydrogen-bond donors (Lipinski definition) is 1. The van der Waals surface area contributed by atoms with E-state index in [-0.39, 0.29) is 5.91 Å². The van der Waals surface area contributed by atoms with Gasteiger partial charge in [-0.1, -0.05) is 23.4 Å². The van der Waals surface area contributed by atoms with Crippen LogP contribution >= 0.6 is 22.7 Å². The number of thiophene rings is 1. The van der Waals surface area contributed by atoms with Crippen LogP contribution in [0.25, 0.3) is 9.88 Å². The number of oxime groups is 1. The molecule has 144 valence electrons. The molecule has 0 aliphatic carbocycles. The van der Waals surface area contributed by atoms with Crippen LogP contribution in [0, 0.1) is 0 Å². The lowest BCUT2D eigenvalue weighted by Gasteiger charge is -2.08. The SMILES string of the molecule is COc1ccc(CC2=NO[C@H](C(=O)NCc3csc(-c4cccs4)n3)C2)cc1. The van der Waals surface area contributed by atoms with Crippen molar-refractivity contribution >= 4 is 34.3 Å². The second kappa shape index (κ2) is 8.53. The first-order chi connectivity index (χ1) is 13.7. The van der Waals surface area contributed by atoms with Gasteiger partial charge in [0.2, 0.25) is 6.10 Å². The van der Waals surface area contributed by atoms with E-state index < -0.39 is 6.10 Å². The third-order valence-corrected chi connectivity index (χ3v) is 6.25. The fraction of sp³-hybridized carbons (Fsp3) is 0.250. The summed E-state index contributed by atoms with van der Waals surface area (Å²) < 4.78 is 5.16. The van der Waals surface area contributed by atoms with E-state index in [4.69, 9.17) is 9.57 Å². The zero-order valence-electron chi connectivity index (χ0n) is 15.3. The molecule has 0 fully saturated rings. The van der Waals surface area contributed by atoms with Crippen LogP contribution in [0.15, 0.2) is 52.3 Å². The molecule has 0 saturated heterocycles. The lowest BCUT2D eigenvalue weighted by atomic mass is 10.0. The Bertz CT molecular complexity index is 965. The number of thiazole rings is 1. The monoisotopic (exact) mass is 413 g/mol. The van der Waals surface area contributed by atoms with Crippen molar-refractivity contribution in [3.63, 3.8) is 0 Å². The number of carbonyl (C=O) groups is 1. The van der Waals surface area contributed by atoms with E-state index in [0.29, 0.717) is 19.4 Å². The van der Waals surface area contributed by atoms with Crippen molar-refractivity contribution in [2.45, 2.75) is 25.5 Å². The molecule has 0 spiro atoms. The van der Waals surface area contributed by atoms with Crippen LogP contribution in [-0.4, -0.2) is 29.8 Å². The van der Waals surface area contributed by atoms with Crippen LogP contribution in [0.2, 0.25) is 0 Å². The number of rotatable bonds is 7. The number of methoxy groups -OCH3 is 1. The highest BCUT2D eigenvalue weighted by molar-refractivity contribution is 7.20. The van der Waals surface area contributed by atoms with E-state index in [9.17, 15) is 4.79 Å².